The van der Waals surface area contributed by atoms with E-state index in [0.717, 1.165) is 23.3 Å². The number of benzene rings is 2. The highest BCUT2D eigenvalue weighted by atomic mass is 16.5. The summed E-state index contributed by atoms with van der Waals surface area (Å²) in [5.41, 5.74) is 2.16. The second-order valence-corrected chi connectivity index (χ2v) is 6.73. The van der Waals surface area contributed by atoms with E-state index < -0.39 is 0 Å². The number of furan rings is 1. The zero-order chi connectivity index (χ0) is 20.9. The van der Waals surface area contributed by atoms with E-state index in [9.17, 15) is 9.59 Å². The summed E-state index contributed by atoms with van der Waals surface area (Å²) in [6, 6.07) is 17.4. The minimum atomic E-state index is -0.352. The molecule has 3 aromatic rings. The van der Waals surface area contributed by atoms with E-state index in [-0.39, 0.29) is 18.6 Å². The van der Waals surface area contributed by atoms with Crippen molar-refractivity contribution in [1.82, 2.24) is 5.01 Å². The van der Waals surface area contributed by atoms with E-state index in [1.165, 1.54) is 5.01 Å². The molecule has 0 unspecified atom stereocenters. The van der Waals surface area contributed by atoms with Gasteiger partial charge in [-0.3, -0.25) is 9.59 Å². The van der Waals surface area contributed by atoms with E-state index in [1.54, 1.807) is 43.7 Å². The summed E-state index contributed by atoms with van der Waals surface area (Å²) in [6.45, 7) is -0.209. The van der Waals surface area contributed by atoms with E-state index in [4.69, 9.17) is 13.9 Å². The van der Waals surface area contributed by atoms with Gasteiger partial charge in [0.05, 0.1) is 19.1 Å². The van der Waals surface area contributed by atoms with Crippen LogP contribution in [-0.4, -0.2) is 36.6 Å². The van der Waals surface area contributed by atoms with Gasteiger partial charge in [-0.1, -0.05) is 12.1 Å². The number of nitrogens with zero attached hydrogens (tertiary/aromatic N) is 2. The van der Waals surface area contributed by atoms with Crippen molar-refractivity contribution in [3.05, 3.63) is 83.8 Å². The first-order valence-corrected chi connectivity index (χ1v) is 9.43. The Bertz CT molecular complexity index is 1060. The maximum Gasteiger partial charge on any atom is 0.281 e. The Kier molecular flexibility index (Phi) is 5.61. The predicted octanol–water partition coefficient (Wildman–Crippen LogP) is 3.86. The summed E-state index contributed by atoms with van der Waals surface area (Å²) in [5.74, 6) is 1.54. The molecule has 0 fully saturated rings. The average molecular weight is 404 g/mol. The van der Waals surface area contributed by atoms with Crippen molar-refractivity contribution in [2.24, 2.45) is 5.10 Å². The van der Waals surface area contributed by atoms with Crippen LogP contribution in [0.4, 0.5) is 0 Å². The molecule has 0 aliphatic carbocycles. The molecule has 4 rings (SSSR count). The molecular formula is C23H20N2O5. The molecule has 2 heterocycles. The van der Waals surface area contributed by atoms with Crippen molar-refractivity contribution in [1.29, 1.82) is 0 Å². The van der Waals surface area contributed by atoms with Crippen LogP contribution in [-0.2, 0) is 4.79 Å². The van der Waals surface area contributed by atoms with Crippen molar-refractivity contribution in [2.75, 3.05) is 13.7 Å². The second kappa shape index (κ2) is 8.65. The van der Waals surface area contributed by atoms with Gasteiger partial charge in [-0.15, -0.1) is 0 Å². The van der Waals surface area contributed by atoms with Gasteiger partial charge >= 0.3 is 0 Å². The topological polar surface area (TPSA) is 81.3 Å². The molecule has 0 saturated carbocycles. The van der Waals surface area contributed by atoms with Crippen molar-refractivity contribution in [3.8, 4) is 11.5 Å². The molecular weight excluding hydrogens is 384 g/mol. The van der Waals surface area contributed by atoms with Gasteiger partial charge in [0.25, 0.3) is 5.91 Å². The van der Waals surface area contributed by atoms with Gasteiger partial charge < -0.3 is 13.9 Å². The Hall–Kier alpha value is -3.87. The molecule has 0 spiro atoms. The minimum absolute atomic E-state index is 0.209. The van der Waals surface area contributed by atoms with Crippen molar-refractivity contribution in [3.63, 3.8) is 0 Å². The normalized spacial score (nSPS) is 15.6. The quantitative estimate of drug-likeness (QED) is 0.559. The fourth-order valence-corrected chi connectivity index (χ4v) is 3.29. The fourth-order valence-electron chi connectivity index (χ4n) is 3.29. The summed E-state index contributed by atoms with van der Waals surface area (Å²) in [4.78, 5) is 23.8. The summed E-state index contributed by atoms with van der Waals surface area (Å²) in [6.07, 6.45) is 2.82. The van der Waals surface area contributed by atoms with E-state index in [0.29, 0.717) is 23.5 Å². The number of methoxy groups -OCH3 is 1. The van der Waals surface area contributed by atoms with E-state index in [2.05, 4.69) is 5.10 Å². The lowest BCUT2D eigenvalue weighted by Gasteiger charge is -2.20. The lowest BCUT2D eigenvalue weighted by atomic mass is 10.0. The zero-order valence-electron chi connectivity index (χ0n) is 16.4. The van der Waals surface area contributed by atoms with Crippen LogP contribution < -0.4 is 9.47 Å². The third-order valence-electron chi connectivity index (χ3n) is 4.82. The van der Waals surface area contributed by atoms with Crippen LogP contribution in [0.25, 0.3) is 0 Å². The number of ether oxygens (including phenoxy) is 2. The van der Waals surface area contributed by atoms with Crippen LogP contribution >= 0.6 is 0 Å². The Morgan fingerprint density at radius 3 is 2.70 bits per heavy atom. The van der Waals surface area contributed by atoms with Crippen LogP contribution in [0.3, 0.4) is 0 Å². The lowest BCUT2D eigenvalue weighted by molar-refractivity contribution is -0.135. The first kappa shape index (κ1) is 19.4. The number of amides is 1. The number of carbonyl (C=O) groups is 2. The number of carbonyl (C=O) groups excluding carboxylic acids is 2. The molecule has 7 nitrogen and oxygen atoms in total. The Balaban J connectivity index is 1.54. The van der Waals surface area contributed by atoms with E-state index >= 15 is 0 Å². The second-order valence-electron chi connectivity index (χ2n) is 6.73. The Labute approximate surface area is 173 Å². The maximum absolute atomic E-state index is 12.9. The highest BCUT2D eigenvalue weighted by Gasteiger charge is 2.35. The SMILES string of the molecule is COc1ccc(C2=NN(C(=O)COc3cccc(C=O)c3)[C@@H](c3ccco3)C2)cc1. The predicted molar refractivity (Wildman–Crippen MR) is 110 cm³/mol. The number of aldehydes is 1. The van der Waals surface area contributed by atoms with Gasteiger partial charge in [-0.05, 0) is 54.1 Å². The number of rotatable bonds is 7. The van der Waals surface area contributed by atoms with Gasteiger partial charge in [-0.25, -0.2) is 5.01 Å². The molecule has 1 aliphatic heterocycles. The van der Waals surface area contributed by atoms with Crippen LogP contribution in [0.15, 0.2) is 76.4 Å². The van der Waals surface area contributed by atoms with Crippen LogP contribution in [0, 0.1) is 0 Å². The van der Waals surface area contributed by atoms with Gasteiger partial charge in [-0.2, -0.15) is 5.10 Å². The number of hydrogen-bond acceptors (Lipinski definition) is 6. The van der Waals surface area contributed by atoms with Crippen LogP contribution in [0.1, 0.15) is 34.1 Å². The van der Waals surface area contributed by atoms with E-state index in [1.807, 2.05) is 30.3 Å². The molecule has 1 atom stereocenters. The van der Waals surface area contributed by atoms with Gasteiger partial charge in [0.2, 0.25) is 0 Å². The third kappa shape index (κ3) is 4.10. The molecule has 0 bridgehead atoms. The summed E-state index contributed by atoms with van der Waals surface area (Å²) in [5, 5.41) is 5.97. The van der Waals surface area contributed by atoms with Crippen LogP contribution in [0.2, 0.25) is 0 Å². The molecule has 1 amide bonds. The van der Waals surface area contributed by atoms with Gasteiger partial charge in [0, 0.05) is 12.0 Å². The summed E-state index contributed by atoms with van der Waals surface area (Å²) >= 11 is 0. The summed E-state index contributed by atoms with van der Waals surface area (Å²) in [7, 11) is 1.61. The van der Waals surface area contributed by atoms with Gasteiger partial charge in [0.1, 0.15) is 29.6 Å². The first-order valence-electron chi connectivity index (χ1n) is 9.43. The maximum atomic E-state index is 12.9. The fraction of sp³-hybridized carbons (Fsp3) is 0.174. The molecule has 0 radical (unpaired) electrons. The third-order valence-corrected chi connectivity index (χ3v) is 4.82. The number of hydrazone groups is 1. The summed E-state index contributed by atoms with van der Waals surface area (Å²) < 4.78 is 16.3. The molecule has 30 heavy (non-hydrogen) atoms. The lowest BCUT2D eigenvalue weighted by Crippen LogP contribution is -2.31. The largest absolute Gasteiger partial charge is 0.497 e. The zero-order valence-corrected chi connectivity index (χ0v) is 16.4. The smallest absolute Gasteiger partial charge is 0.281 e. The van der Waals surface area contributed by atoms with Crippen molar-refractivity contribution in [2.45, 2.75) is 12.5 Å². The highest BCUT2D eigenvalue weighted by Crippen LogP contribution is 2.33. The van der Waals surface area contributed by atoms with Crippen molar-refractivity contribution < 1.29 is 23.5 Å². The molecule has 2 aromatic carbocycles. The monoisotopic (exact) mass is 404 g/mol. The molecule has 1 aromatic heterocycles. The molecule has 152 valence electrons. The van der Waals surface area contributed by atoms with Gasteiger partial charge in [0.15, 0.2) is 6.61 Å². The standard InChI is InChI=1S/C23H20N2O5/c1-28-18-9-7-17(8-10-18)20-13-21(22-6-3-11-29-22)25(24-20)23(27)15-30-19-5-2-4-16(12-19)14-26/h2-12,14,21H,13,15H2,1H3/t21-/m1/s1. The molecule has 7 heteroatoms. The average Bonchev–Trinajstić information content (AvgIpc) is 3.47. The minimum Gasteiger partial charge on any atom is -0.497 e. The molecule has 1 aliphatic rings. The first-order chi connectivity index (χ1) is 14.7. The Morgan fingerprint density at radius 1 is 1.17 bits per heavy atom. The molecule has 0 N–H and O–H groups in total. The van der Waals surface area contributed by atoms with Crippen molar-refractivity contribution >= 4 is 17.9 Å². The van der Waals surface area contributed by atoms with Crippen LogP contribution in [0.5, 0.6) is 11.5 Å². The molecule has 0 saturated heterocycles. The highest BCUT2D eigenvalue weighted by molar-refractivity contribution is 6.03. The number of hydrogen-bond donors (Lipinski definition) is 0. The Morgan fingerprint density at radius 2 is 2.00 bits per heavy atom.